The Balaban J connectivity index is 1.83. The van der Waals surface area contributed by atoms with Crippen molar-refractivity contribution in [3.8, 4) is 11.5 Å². The molecular formula is C22H28N2O5S. The highest BCUT2D eigenvalue weighted by atomic mass is 32.2. The molecule has 30 heavy (non-hydrogen) atoms. The monoisotopic (exact) mass is 432 g/mol. The van der Waals surface area contributed by atoms with Crippen LogP contribution in [0.4, 0.5) is 5.69 Å². The molecule has 0 fully saturated rings. The lowest BCUT2D eigenvalue weighted by atomic mass is 10.0. The van der Waals surface area contributed by atoms with Crippen LogP contribution in [0.5, 0.6) is 11.5 Å². The van der Waals surface area contributed by atoms with Gasteiger partial charge in [0.2, 0.25) is 10.0 Å². The van der Waals surface area contributed by atoms with E-state index in [0.717, 1.165) is 16.9 Å². The lowest BCUT2D eigenvalue weighted by molar-refractivity contribution is -0.128. The lowest BCUT2D eigenvalue weighted by Gasteiger charge is -2.35. The van der Waals surface area contributed by atoms with Gasteiger partial charge in [-0.05, 0) is 49.6 Å². The van der Waals surface area contributed by atoms with Crippen LogP contribution in [-0.4, -0.2) is 39.8 Å². The second-order valence-electron chi connectivity index (χ2n) is 7.20. The third-order valence-corrected chi connectivity index (χ3v) is 7.02. The van der Waals surface area contributed by atoms with Gasteiger partial charge in [-0.15, -0.1) is 0 Å². The molecule has 3 rings (SSSR count). The van der Waals surface area contributed by atoms with Crippen LogP contribution in [0.3, 0.4) is 0 Å². The van der Waals surface area contributed by atoms with Crippen molar-refractivity contribution in [1.82, 2.24) is 5.32 Å². The van der Waals surface area contributed by atoms with E-state index >= 15 is 0 Å². The molecular weight excluding hydrogens is 404 g/mol. The molecule has 1 aliphatic rings. The van der Waals surface area contributed by atoms with Crippen LogP contribution in [-0.2, 0) is 14.8 Å². The van der Waals surface area contributed by atoms with Crippen molar-refractivity contribution in [3.05, 3.63) is 53.6 Å². The Morgan fingerprint density at radius 3 is 2.63 bits per heavy atom. The van der Waals surface area contributed by atoms with Crippen molar-refractivity contribution in [2.24, 2.45) is 0 Å². The topological polar surface area (TPSA) is 84.9 Å². The maximum Gasteiger partial charge on any atom is 0.263 e. The molecule has 7 nitrogen and oxygen atoms in total. The highest BCUT2D eigenvalue weighted by molar-refractivity contribution is 7.92. The molecule has 1 N–H and O–H groups in total. The number of para-hydroxylation sites is 2. The van der Waals surface area contributed by atoms with Crippen LogP contribution in [0.25, 0.3) is 0 Å². The van der Waals surface area contributed by atoms with Crippen LogP contribution in [0.1, 0.15) is 37.4 Å². The third-order valence-electron chi connectivity index (χ3n) is 5.27. The second-order valence-corrected chi connectivity index (χ2v) is 9.39. The largest absolute Gasteiger partial charge is 0.496 e. The van der Waals surface area contributed by atoms with Gasteiger partial charge < -0.3 is 14.8 Å². The van der Waals surface area contributed by atoms with E-state index in [1.165, 1.54) is 4.31 Å². The SMILES string of the molecule is CC[C@H](NC(=O)[C@@H]1CN(S(=O)(=O)CC)c2ccccc2O1)c1ccc(OC)c(C)c1. The average molecular weight is 433 g/mol. The van der Waals surface area contributed by atoms with Crippen LogP contribution >= 0.6 is 0 Å². The maximum absolute atomic E-state index is 13.0. The normalized spacial score (nSPS) is 16.9. The lowest BCUT2D eigenvalue weighted by Crippen LogP contribution is -2.51. The summed E-state index contributed by atoms with van der Waals surface area (Å²) in [5.74, 6) is 0.765. The van der Waals surface area contributed by atoms with Crippen molar-refractivity contribution in [2.45, 2.75) is 39.3 Å². The number of benzene rings is 2. The van der Waals surface area contributed by atoms with E-state index in [0.29, 0.717) is 17.9 Å². The number of rotatable bonds is 7. The van der Waals surface area contributed by atoms with Gasteiger partial charge in [0.25, 0.3) is 5.91 Å². The molecule has 2 atom stereocenters. The number of aryl methyl sites for hydroxylation is 1. The molecule has 0 saturated carbocycles. The summed E-state index contributed by atoms with van der Waals surface area (Å²) < 4.78 is 37.7. The van der Waals surface area contributed by atoms with E-state index < -0.39 is 16.1 Å². The van der Waals surface area contributed by atoms with Crippen molar-refractivity contribution >= 4 is 21.6 Å². The molecule has 2 aromatic carbocycles. The molecule has 0 aromatic heterocycles. The Morgan fingerprint density at radius 2 is 2.00 bits per heavy atom. The first-order valence-corrected chi connectivity index (χ1v) is 11.6. The van der Waals surface area contributed by atoms with Gasteiger partial charge in [-0.3, -0.25) is 9.10 Å². The predicted octanol–water partition coefficient (Wildman–Crippen LogP) is 3.19. The highest BCUT2D eigenvalue weighted by Crippen LogP contribution is 2.35. The number of carbonyl (C=O) groups is 1. The van der Waals surface area contributed by atoms with E-state index in [-0.39, 0.29) is 24.2 Å². The van der Waals surface area contributed by atoms with Crippen LogP contribution in [0, 0.1) is 6.92 Å². The predicted molar refractivity (Wildman–Crippen MR) is 117 cm³/mol. The standard InChI is InChI=1S/C22H28N2O5S/c1-5-17(16-11-12-19(28-4)15(3)13-16)23-22(25)21-14-24(30(26,27)6-2)18-9-7-8-10-20(18)29-21/h7-13,17,21H,5-6,14H2,1-4H3,(H,23,25)/t17-,21-/m0/s1. The summed E-state index contributed by atoms with van der Waals surface area (Å²) in [6.45, 7) is 5.46. The number of ether oxygens (including phenoxy) is 2. The first-order valence-electron chi connectivity index (χ1n) is 10.0. The van der Waals surface area contributed by atoms with Gasteiger partial charge in [-0.1, -0.05) is 31.2 Å². The third kappa shape index (κ3) is 4.38. The first kappa shape index (κ1) is 22.0. The van der Waals surface area contributed by atoms with Crippen molar-refractivity contribution in [1.29, 1.82) is 0 Å². The van der Waals surface area contributed by atoms with Crippen LogP contribution < -0.4 is 19.1 Å². The number of carbonyl (C=O) groups excluding carboxylic acids is 1. The fourth-order valence-electron chi connectivity index (χ4n) is 3.56. The molecule has 1 amide bonds. The Kier molecular flexibility index (Phi) is 6.55. The van der Waals surface area contributed by atoms with Gasteiger partial charge in [-0.25, -0.2) is 8.42 Å². The van der Waals surface area contributed by atoms with E-state index in [1.807, 2.05) is 32.0 Å². The van der Waals surface area contributed by atoms with E-state index in [1.54, 1.807) is 38.3 Å². The fourth-order valence-corrected chi connectivity index (χ4v) is 4.69. The van der Waals surface area contributed by atoms with Gasteiger partial charge in [-0.2, -0.15) is 0 Å². The number of anilines is 1. The zero-order chi connectivity index (χ0) is 21.9. The summed E-state index contributed by atoms with van der Waals surface area (Å²) in [5.41, 5.74) is 2.39. The molecule has 1 aliphatic heterocycles. The second kappa shape index (κ2) is 8.95. The zero-order valence-corrected chi connectivity index (χ0v) is 18.5. The first-order chi connectivity index (χ1) is 14.3. The number of nitrogens with one attached hydrogen (secondary N) is 1. The smallest absolute Gasteiger partial charge is 0.263 e. The van der Waals surface area contributed by atoms with Crippen LogP contribution in [0.15, 0.2) is 42.5 Å². The highest BCUT2D eigenvalue weighted by Gasteiger charge is 2.36. The molecule has 0 radical (unpaired) electrons. The van der Waals surface area contributed by atoms with Gasteiger partial charge in [0, 0.05) is 0 Å². The molecule has 162 valence electrons. The van der Waals surface area contributed by atoms with Crippen molar-refractivity contribution in [3.63, 3.8) is 0 Å². The molecule has 0 aliphatic carbocycles. The molecule has 0 saturated heterocycles. The minimum Gasteiger partial charge on any atom is -0.496 e. The number of fused-ring (bicyclic) bond motifs is 1. The molecule has 0 unspecified atom stereocenters. The van der Waals surface area contributed by atoms with Gasteiger partial charge in [0.1, 0.15) is 11.5 Å². The minimum absolute atomic E-state index is 0.0572. The number of hydrogen-bond donors (Lipinski definition) is 1. The molecule has 2 aromatic rings. The Labute approximate surface area is 178 Å². The van der Waals surface area contributed by atoms with E-state index in [2.05, 4.69) is 5.32 Å². The zero-order valence-electron chi connectivity index (χ0n) is 17.7. The summed E-state index contributed by atoms with van der Waals surface area (Å²) in [5, 5.41) is 3.01. The van der Waals surface area contributed by atoms with Crippen LogP contribution in [0.2, 0.25) is 0 Å². The number of hydrogen-bond acceptors (Lipinski definition) is 5. The van der Waals surface area contributed by atoms with Gasteiger partial charge in [0.15, 0.2) is 6.10 Å². The number of methoxy groups -OCH3 is 1. The number of nitrogens with zero attached hydrogens (tertiary/aromatic N) is 1. The van der Waals surface area contributed by atoms with E-state index in [4.69, 9.17) is 9.47 Å². The average Bonchev–Trinajstić information content (AvgIpc) is 2.76. The van der Waals surface area contributed by atoms with Gasteiger partial charge in [0.05, 0.1) is 31.1 Å². The Morgan fingerprint density at radius 1 is 1.27 bits per heavy atom. The molecule has 1 heterocycles. The van der Waals surface area contributed by atoms with Crippen molar-refractivity contribution < 1.29 is 22.7 Å². The Bertz CT molecular complexity index is 1020. The quantitative estimate of drug-likeness (QED) is 0.726. The maximum atomic E-state index is 13.0. The summed E-state index contributed by atoms with van der Waals surface area (Å²) >= 11 is 0. The molecule has 8 heteroatoms. The molecule has 0 spiro atoms. The Hall–Kier alpha value is -2.74. The summed E-state index contributed by atoms with van der Waals surface area (Å²) in [6.07, 6.45) is -0.257. The van der Waals surface area contributed by atoms with E-state index in [9.17, 15) is 13.2 Å². The minimum atomic E-state index is -3.54. The number of sulfonamides is 1. The number of amides is 1. The summed E-state index contributed by atoms with van der Waals surface area (Å²) in [4.78, 5) is 13.0. The summed E-state index contributed by atoms with van der Waals surface area (Å²) in [6, 6.07) is 12.4. The summed E-state index contributed by atoms with van der Waals surface area (Å²) in [7, 11) is -1.92. The van der Waals surface area contributed by atoms with Crippen molar-refractivity contribution in [2.75, 3.05) is 23.7 Å². The molecule has 0 bridgehead atoms. The van der Waals surface area contributed by atoms with Gasteiger partial charge >= 0.3 is 0 Å². The fraction of sp³-hybridized carbons (Fsp3) is 0.409.